The largest absolute Gasteiger partial charge is 0.497 e. The van der Waals surface area contributed by atoms with Gasteiger partial charge >= 0.3 is 5.97 Å². The molecule has 1 heterocycles. The summed E-state index contributed by atoms with van der Waals surface area (Å²) < 4.78 is 15.6. The highest BCUT2D eigenvalue weighted by molar-refractivity contribution is 5.96. The van der Waals surface area contributed by atoms with E-state index in [4.69, 9.17) is 13.9 Å². The zero-order chi connectivity index (χ0) is 19.9. The number of esters is 1. The number of benzene rings is 2. The lowest BCUT2D eigenvalue weighted by Crippen LogP contribution is -2.30. The van der Waals surface area contributed by atoms with Crippen LogP contribution in [0.2, 0.25) is 0 Å². The predicted octanol–water partition coefficient (Wildman–Crippen LogP) is 2.53. The summed E-state index contributed by atoms with van der Waals surface area (Å²) in [6, 6.07) is 14.2. The molecule has 2 aromatic carbocycles. The summed E-state index contributed by atoms with van der Waals surface area (Å²) in [6.07, 6.45) is 0. The first-order chi connectivity index (χ1) is 13.5. The van der Waals surface area contributed by atoms with Crippen LogP contribution in [0.4, 0.5) is 0 Å². The predicted molar refractivity (Wildman–Crippen MR) is 99.6 cm³/mol. The third kappa shape index (κ3) is 4.94. The van der Waals surface area contributed by atoms with Crippen molar-refractivity contribution in [3.8, 4) is 17.2 Å². The molecule has 0 aliphatic carbocycles. The third-order valence-electron chi connectivity index (χ3n) is 3.81. The summed E-state index contributed by atoms with van der Waals surface area (Å²) in [5.74, 6) is 0.0445. The maximum absolute atomic E-state index is 12.1. The second kappa shape index (κ2) is 8.81. The highest BCUT2D eigenvalue weighted by atomic mass is 16.5. The summed E-state index contributed by atoms with van der Waals surface area (Å²) in [6.45, 7) is 1.50. The molecule has 1 N–H and O–H groups in total. The van der Waals surface area contributed by atoms with Crippen LogP contribution in [0.25, 0.3) is 11.5 Å². The average molecular weight is 381 g/mol. The van der Waals surface area contributed by atoms with E-state index in [2.05, 4.69) is 15.5 Å². The van der Waals surface area contributed by atoms with E-state index in [9.17, 15) is 9.59 Å². The Morgan fingerprint density at radius 3 is 2.71 bits per heavy atom. The van der Waals surface area contributed by atoms with Gasteiger partial charge in [0.15, 0.2) is 6.61 Å². The molecular formula is C20H19N3O5. The van der Waals surface area contributed by atoms with E-state index in [1.165, 1.54) is 7.11 Å². The Bertz CT molecular complexity index is 983. The molecular weight excluding hydrogens is 362 g/mol. The SMILES string of the molecule is COc1cccc(C(=O)NCC(=O)OCc2nnc(-c3cccc(C)c3)o2)c1. The molecule has 0 aliphatic heterocycles. The molecule has 0 saturated carbocycles. The quantitative estimate of drug-likeness (QED) is 0.627. The lowest BCUT2D eigenvalue weighted by atomic mass is 10.1. The minimum absolute atomic E-state index is 0.170. The van der Waals surface area contributed by atoms with Crippen molar-refractivity contribution in [1.29, 1.82) is 0 Å². The van der Waals surface area contributed by atoms with E-state index in [-0.39, 0.29) is 19.0 Å². The molecule has 1 aromatic heterocycles. The topological polar surface area (TPSA) is 104 Å². The zero-order valence-corrected chi connectivity index (χ0v) is 15.5. The molecule has 8 nitrogen and oxygen atoms in total. The monoisotopic (exact) mass is 381 g/mol. The van der Waals surface area contributed by atoms with Gasteiger partial charge in [0, 0.05) is 11.1 Å². The van der Waals surface area contributed by atoms with E-state index < -0.39 is 11.9 Å². The normalized spacial score (nSPS) is 10.4. The van der Waals surface area contributed by atoms with Crippen molar-refractivity contribution < 1.29 is 23.5 Å². The Morgan fingerprint density at radius 1 is 1.11 bits per heavy atom. The summed E-state index contributed by atoms with van der Waals surface area (Å²) >= 11 is 0. The highest BCUT2D eigenvalue weighted by Gasteiger charge is 2.13. The molecule has 3 aromatic rings. The molecule has 3 rings (SSSR count). The number of amides is 1. The summed E-state index contributed by atoms with van der Waals surface area (Å²) in [5.41, 5.74) is 2.23. The van der Waals surface area contributed by atoms with Gasteiger partial charge in [-0.25, -0.2) is 0 Å². The second-order valence-corrected chi connectivity index (χ2v) is 5.95. The van der Waals surface area contributed by atoms with Gasteiger partial charge in [-0.1, -0.05) is 23.8 Å². The minimum Gasteiger partial charge on any atom is -0.497 e. The van der Waals surface area contributed by atoms with Crippen LogP contribution in [0.1, 0.15) is 21.8 Å². The van der Waals surface area contributed by atoms with E-state index in [0.29, 0.717) is 17.2 Å². The van der Waals surface area contributed by atoms with E-state index in [0.717, 1.165) is 11.1 Å². The fourth-order valence-corrected chi connectivity index (χ4v) is 2.42. The molecule has 0 atom stereocenters. The van der Waals surface area contributed by atoms with Gasteiger partial charge in [-0.15, -0.1) is 10.2 Å². The van der Waals surface area contributed by atoms with Gasteiger partial charge in [-0.2, -0.15) is 0 Å². The van der Waals surface area contributed by atoms with Gasteiger partial charge in [-0.3, -0.25) is 9.59 Å². The number of rotatable bonds is 7. The molecule has 0 unspecified atom stereocenters. The Morgan fingerprint density at radius 2 is 1.93 bits per heavy atom. The number of aryl methyl sites for hydroxylation is 1. The molecule has 0 saturated heterocycles. The fourth-order valence-electron chi connectivity index (χ4n) is 2.42. The zero-order valence-electron chi connectivity index (χ0n) is 15.5. The lowest BCUT2D eigenvalue weighted by molar-refractivity contribution is -0.144. The first-order valence-electron chi connectivity index (χ1n) is 8.52. The molecule has 0 fully saturated rings. The molecule has 144 valence electrons. The van der Waals surface area contributed by atoms with Crippen molar-refractivity contribution in [2.75, 3.05) is 13.7 Å². The number of nitrogens with one attached hydrogen (secondary N) is 1. The fraction of sp³-hybridized carbons (Fsp3) is 0.200. The van der Waals surface area contributed by atoms with E-state index in [1.807, 2.05) is 31.2 Å². The summed E-state index contributed by atoms with van der Waals surface area (Å²) in [7, 11) is 1.51. The van der Waals surface area contributed by atoms with Gasteiger partial charge < -0.3 is 19.2 Å². The number of hydrogen-bond donors (Lipinski definition) is 1. The number of ether oxygens (including phenoxy) is 2. The number of hydrogen-bond acceptors (Lipinski definition) is 7. The van der Waals surface area contributed by atoms with E-state index >= 15 is 0 Å². The minimum atomic E-state index is -0.619. The van der Waals surface area contributed by atoms with Crippen LogP contribution in [0.15, 0.2) is 52.9 Å². The van der Waals surface area contributed by atoms with Gasteiger partial charge in [0.2, 0.25) is 5.89 Å². The van der Waals surface area contributed by atoms with Crippen LogP contribution in [0, 0.1) is 6.92 Å². The Kier molecular flexibility index (Phi) is 6.01. The highest BCUT2D eigenvalue weighted by Crippen LogP contribution is 2.19. The van der Waals surface area contributed by atoms with Crippen molar-refractivity contribution in [1.82, 2.24) is 15.5 Å². The lowest BCUT2D eigenvalue weighted by Gasteiger charge is -2.06. The molecule has 28 heavy (non-hydrogen) atoms. The van der Waals surface area contributed by atoms with Crippen LogP contribution >= 0.6 is 0 Å². The van der Waals surface area contributed by atoms with Crippen LogP contribution in [0.5, 0.6) is 5.75 Å². The van der Waals surface area contributed by atoms with Gasteiger partial charge in [0.25, 0.3) is 11.8 Å². The summed E-state index contributed by atoms with van der Waals surface area (Å²) in [5, 5.41) is 10.3. The first-order valence-corrected chi connectivity index (χ1v) is 8.52. The maximum Gasteiger partial charge on any atom is 0.325 e. The van der Waals surface area contributed by atoms with Gasteiger partial charge in [0.1, 0.15) is 12.3 Å². The average Bonchev–Trinajstić information content (AvgIpc) is 3.19. The van der Waals surface area contributed by atoms with Crippen LogP contribution in [-0.4, -0.2) is 35.7 Å². The summed E-state index contributed by atoms with van der Waals surface area (Å²) in [4.78, 5) is 23.9. The number of nitrogens with zero attached hydrogens (tertiary/aromatic N) is 2. The van der Waals surface area contributed by atoms with Gasteiger partial charge in [-0.05, 0) is 37.3 Å². The molecule has 8 heteroatoms. The molecule has 1 amide bonds. The van der Waals surface area contributed by atoms with Crippen molar-refractivity contribution in [3.05, 3.63) is 65.5 Å². The number of carbonyl (C=O) groups is 2. The first kappa shape index (κ1) is 19.1. The molecule has 0 bridgehead atoms. The molecule has 0 aliphatic rings. The smallest absolute Gasteiger partial charge is 0.325 e. The number of carbonyl (C=O) groups excluding carboxylic acids is 2. The number of aromatic nitrogens is 2. The van der Waals surface area contributed by atoms with Crippen LogP contribution in [0.3, 0.4) is 0 Å². The van der Waals surface area contributed by atoms with Crippen molar-refractivity contribution in [3.63, 3.8) is 0 Å². The molecule has 0 radical (unpaired) electrons. The van der Waals surface area contributed by atoms with E-state index in [1.54, 1.807) is 24.3 Å². The Hall–Kier alpha value is -3.68. The Labute approximate surface area is 161 Å². The third-order valence-corrected chi connectivity index (χ3v) is 3.81. The van der Waals surface area contributed by atoms with Gasteiger partial charge in [0.05, 0.1) is 7.11 Å². The molecule has 0 spiro atoms. The Balaban J connectivity index is 1.49. The maximum atomic E-state index is 12.1. The standard InChI is InChI=1S/C20H19N3O5/c1-13-5-3-7-15(9-13)20-23-22-17(28-20)12-27-18(24)11-21-19(25)14-6-4-8-16(10-14)26-2/h3-10H,11-12H2,1-2H3,(H,21,25). The van der Waals surface area contributed by atoms with Crippen LogP contribution in [-0.2, 0) is 16.1 Å². The second-order valence-electron chi connectivity index (χ2n) is 5.95. The van der Waals surface area contributed by atoms with Crippen LogP contribution < -0.4 is 10.1 Å². The van der Waals surface area contributed by atoms with Crippen molar-refractivity contribution in [2.24, 2.45) is 0 Å². The van der Waals surface area contributed by atoms with Crippen molar-refractivity contribution >= 4 is 11.9 Å². The number of methoxy groups -OCH3 is 1. The van der Waals surface area contributed by atoms with Crippen molar-refractivity contribution in [2.45, 2.75) is 13.5 Å².